The number of hydrogen-bond acceptors (Lipinski definition) is 13. The Morgan fingerprint density at radius 3 is 1.37 bits per heavy atom. The van der Waals surface area contributed by atoms with Crippen molar-refractivity contribution in [3.63, 3.8) is 0 Å². The summed E-state index contributed by atoms with van der Waals surface area (Å²) in [5.41, 5.74) is 6.65. The second kappa shape index (κ2) is 59.0. The average Bonchev–Trinajstić information content (AvgIpc) is 0.793. The third kappa shape index (κ3) is 41.0. The first-order valence-electron chi connectivity index (χ1n) is 33.0. The van der Waals surface area contributed by atoms with E-state index in [2.05, 4.69) is 153 Å². The maximum atomic E-state index is 9.87. The lowest BCUT2D eigenvalue weighted by molar-refractivity contribution is 0.107. The highest BCUT2D eigenvalue weighted by Crippen LogP contribution is 2.40. The molecule has 6 aromatic carbocycles. The highest BCUT2D eigenvalue weighted by atomic mass is 36.0. The quantitative estimate of drug-likeness (QED) is 0.0226. The Morgan fingerprint density at radius 1 is 0.617 bits per heavy atom. The number of halogens is 4. The van der Waals surface area contributed by atoms with Crippen LogP contribution in [-0.4, -0.2) is 141 Å². The van der Waals surface area contributed by atoms with Crippen LogP contribution in [0.4, 0.5) is 0 Å². The normalized spacial score (nSPS) is 17.6. The van der Waals surface area contributed by atoms with Crippen LogP contribution in [0.3, 0.4) is 0 Å². The zero-order valence-electron chi connectivity index (χ0n) is 57.9. The van der Waals surface area contributed by atoms with Crippen molar-refractivity contribution in [2.45, 2.75) is 143 Å². The van der Waals surface area contributed by atoms with Crippen molar-refractivity contribution in [1.29, 1.82) is 15.8 Å². The van der Waals surface area contributed by atoms with E-state index in [9.17, 15) is 15.6 Å². The van der Waals surface area contributed by atoms with Crippen LogP contribution in [0.5, 0.6) is 0 Å². The number of piperidine rings is 2. The molecule has 0 amide bonds. The van der Waals surface area contributed by atoms with Gasteiger partial charge in [0.25, 0.3) is 0 Å². The number of nitrogens with one attached hydrogen (secondary N) is 2. The molecule has 0 aromatic heterocycles. The molecule has 0 spiro atoms. The number of aliphatic hydroxyl groups is 4. The van der Waals surface area contributed by atoms with Gasteiger partial charge in [0.2, 0.25) is 9.23 Å². The summed E-state index contributed by atoms with van der Waals surface area (Å²) in [5.74, 6) is 1.35. The standard InChI is InChI=1S/C20H22N2.C13H16N2.C12H17Cl2N.C12H19NO2.C8H7N.C5H13NO2.3C2H6.Cl2OS.H2/c1-17-14-22(15-18-8-4-2-5-9-18)13-12-20(17,16-21)19-10-6-3-7-11-19;1-11-9-15-8-7-13(11,10-14)12-5-3-2-4-6-12;1-11(14)9-15(8-7-13)10-12-5-3-2-4-6-12;1-11(15)9-13(7-8-14)10-12-5-3-2-4-6-12;9-7-6-8-4-2-1-3-5-8;1-5(8)4-6-2-3-7;3*1-2;1-4(2)3;/h2-11,17H,12-15H2,1H3;2-6,11,15H,7-9H2,1H3;2-6,11H,7-10H2,1H3;2-6,11,14-15H,7-10H2,1H3;1-5H,6H2;5-8H,2-4H2,1H3;3*1-2H3;;1H. The fourth-order valence-corrected chi connectivity index (χ4v) is 10.7. The number of hydrogen-bond donors (Lipinski definition) is 6. The maximum Gasteiger partial charge on any atom is 0.211 e. The first-order chi connectivity index (χ1) is 45.4. The molecule has 2 fully saturated rings. The van der Waals surface area contributed by atoms with E-state index in [0.29, 0.717) is 50.3 Å². The van der Waals surface area contributed by atoms with E-state index in [4.69, 9.17) is 48.0 Å². The van der Waals surface area contributed by atoms with E-state index < -0.39 is 9.23 Å². The van der Waals surface area contributed by atoms with Crippen molar-refractivity contribution in [3.05, 3.63) is 215 Å². The molecular weight excluding hydrogens is 1280 g/mol. The number of nitriles is 3. The maximum absolute atomic E-state index is 9.87. The van der Waals surface area contributed by atoms with Gasteiger partial charge in [-0.3, -0.25) is 14.7 Å². The number of rotatable bonds is 21. The number of alkyl halides is 2. The first kappa shape index (κ1) is 90.8. The van der Waals surface area contributed by atoms with Gasteiger partial charge in [0.15, 0.2) is 0 Å². The molecule has 0 saturated carbocycles. The van der Waals surface area contributed by atoms with Gasteiger partial charge >= 0.3 is 0 Å². The van der Waals surface area contributed by atoms with Crippen LogP contribution < -0.4 is 10.6 Å². The van der Waals surface area contributed by atoms with Crippen LogP contribution in [0.1, 0.15) is 124 Å². The molecule has 2 aliphatic heterocycles. The minimum Gasteiger partial charge on any atom is -0.395 e. The molecule has 0 bridgehead atoms. The molecule has 2 heterocycles. The van der Waals surface area contributed by atoms with Crippen LogP contribution in [-0.2, 0) is 46.1 Å². The largest absolute Gasteiger partial charge is 0.395 e. The average molecular weight is 1390 g/mol. The smallest absolute Gasteiger partial charge is 0.211 e. The van der Waals surface area contributed by atoms with Crippen molar-refractivity contribution in [2.75, 3.05) is 84.5 Å². The summed E-state index contributed by atoms with van der Waals surface area (Å²) in [6.07, 6.45) is 1.65. The number of likely N-dealkylation sites (tertiary alicyclic amines) is 1. The molecule has 2 aliphatic rings. The number of benzene rings is 6. The molecule has 8 rings (SSSR count). The van der Waals surface area contributed by atoms with E-state index in [-0.39, 0.29) is 43.1 Å². The molecule has 94 heavy (non-hydrogen) atoms. The van der Waals surface area contributed by atoms with E-state index >= 15 is 0 Å². The lowest BCUT2D eigenvalue weighted by atomic mass is 9.67. The Labute approximate surface area is 590 Å². The van der Waals surface area contributed by atoms with Gasteiger partial charge in [-0.15, -0.1) is 23.2 Å². The van der Waals surface area contributed by atoms with Gasteiger partial charge in [-0.25, -0.2) is 4.21 Å². The number of nitrogens with zero attached hydrogens (tertiary/aromatic N) is 6. The molecule has 0 aliphatic carbocycles. The summed E-state index contributed by atoms with van der Waals surface area (Å²) >= 11 is 11.8. The van der Waals surface area contributed by atoms with Crippen LogP contribution >= 0.6 is 44.6 Å². The molecule has 18 heteroatoms. The first-order valence-corrected chi connectivity index (χ1v) is 36.8. The fraction of sp³-hybridized carbons (Fsp3) is 0.487. The van der Waals surface area contributed by atoms with Crippen LogP contribution in [0.15, 0.2) is 182 Å². The van der Waals surface area contributed by atoms with Gasteiger partial charge < -0.3 is 31.1 Å². The summed E-state index contributed by atoms with van der Waals surface area (Å²) in [6.45, 7) is 32.6. The van der Waals surface area contributed by atoms with Crippen LogP contribution in [0.2, 0.25) is 0 Å². The summed E-state index contributed by atoms with van der Waals surface area (Å²) < 4.78 is 9.09. The molecule has 6 aromatic rings. The second-order valence-electron chi connectivity index (χ2n) is 21.9. The van der Waals surface area contributed by atoms with Crippen molar-refractivity contribution in [1.82, 2.24) is 25.3 Å². The van der Waals surface area contributed by atoms with Gasteiger partial charge in [0.05, 0.1) is 60.9 Å². The Bertz CT molecular complexity index is 2770. The summed E-state index contributed by atoms with van der Waals surface area (Å²) in [4.78, 5) is 6.79. The minimum absolute atomic E-state index is 0. The van der Waals surface area contributed by atoms with Gasteiger partial charge in [0.1, 0.15) is 0 Å². The van der Waals surface area contributed by atoms with Crippen molar-refractivity contribution in [2.24, 2.45) is 11.8 Å². The van der Waals surface area contributed by atoms with Gasteiger partial charge in [-0.1, -0.05) is 237 Å². The lowest BCUT2D eigenvalue weighted by Gasteiger charge is -2.42. The Kier molecular flexibility index (Phi) is 57.0. The van der Waals surface area contributed by atoms with E-state index in [1.807, 2.05) is 156 Å². The molecule has 13 nitrogen and oxygen atoms in total. The highest BCUT2D eigenvalue weighted by Gasteiger charge is 2.42. The SMILES string of the molecule is CC.CC.CC.CC(Cl)CN(CCCl)Cc1ccccc1.CC(O)CN(CCO)Cc1ccccc1.CC(O)CNCCO.CC1CN(Cc2ccccc2)CCC1(C#N)c1ccccc1.CC1CNCCC1(C#N)c1ccccc1.N#CCc1ccccc1.O=S(Cl)Cl.[HH]. The molecule has 6 N–H and O–H groups in total. The summed E-state index contributed by atoms with van der Waals surface area (Å²) in [7, 11) is 7.36. The van der Waals surface area contributed by atoms with Gasteiger partial charge in [-0.2, -0.15) is 15.8 Å². The summed E-state index contributed by atoms with van der Waals surface area (Å²) in [6, 6.07) is 68.5. The van der Waals surface area contributed by atoms with E-state index in [1.54, 1.807) is 13.8 Å². The monoisotopic (exact) mass is 1390 g/mol. The third-order valence-electron chi connectivity index (χ3n) is 14.6. The fourth-order valence-electron chi connectivity index (χ4n) is 10.2. The van der Waals surface area contributed by atoms with E-state index in [0.717, 1.165) is 77.3 Å². The van der Waals surface area contributed by atoms with Crippen molar-refractivity contribution in [3.8, 4) is 18.2 Å². The van der Waals surface area contributed by atoms with Crippen molar-refractivity contribution >= 4 is 53.8 Å². The Morgan fingerprint density at radius 2 is 1.02 bits per heavy atom. The predicted molar refractivity (Wildman–Crippen MR) is 401 cm³/mol. The van der Waals surface area contributed by atoms with Crippen LogP contribution in [0.25, 0.3) is 0 Å². The molecule has 7 unspecified atom stereocenters. The minimum atomic E-state index is -1.67. The molecule has 522 valence electrons. The Balaban J connectivity index is -0.00000106. The topological polar surface area (TPSA) is 203 Å². The molecular formula is C76H114Cl4N8O5S. The van der Waals surface area contributed by atoms with Crippen molar-refractivity contribution < 1.29 is 26.1 Å². The molecule has 2 saturated heterocycles. The zero-order valence-corrected chi connectivity index (χ0v) is 61.8. The summed E-state index contributed by atoms with van der Waals surface area (Å²) in [5, 5.41) is 69.0. The number of aliphatic hydroxyl groups excluding tert-OH is 4. The predicted octanol–water partition coefficient (Wildman–Crippen LogP) is 15.4. The Hall–Kier alpha value is -5.26. The molecule has 0 radical (unpaired) electrons. The van der Waals surface area contributed by atoms with E-state index in [1.165, 1.54) is 27.8 Å². The lowest BCUT2D eigenvalue weighted by Crippen LogP contribution is -2.47. The molecule has 7 atom stereocenters. The zero-order chi connectivity index (χ0) is 70.8. The highest BCUT2D eigenvalue weighted by molar-refractivity contribution is 8.26. The van der Waals surface area contributed by atoms with Crippen LogP contribution in [0, 0.1) is 45.8 Å². The third-order valence-corrected chi connectivity index (χ3v) is 14.9. The van der Waals surface area contributed by atoms with Gasteiger partial charge in [0, 0.05) is 106 Å². The second-order valence-corrected chi connectivity index (χ2v) is 25.5. The van der Waals surface area contributed by atoms with Gasteiger partial charge in [-0.05, 0) is 91.9 Å².